The monoisotopic (exact) mass is 380 g/mol. The number of nitro groups is 2. The van der Waals surface area contributed by atoms with Crippen molar-refractivity contribution in [3.05, 3.63) is 68.8 Å². The Balaban J connectivity index is 2.08. The van der Waals surface area contributed by atoms with E-state index in [4.69, 9.17) is 4.74 Å². The van der Waals surface area contributed by atoms with Gasteiger partial charge in [-0.1, -0.05) is 30.3 Å². The first-order valence-electron chi connectivity index (χ1n) is 8.71. The second-order valence-electron chi connectivity index (χ2n) is 6.34. The lowest BCUT2D eigenvalue weighted by Crippen LogP contribution is -2.37. The number of non-ortho nitro benzene ring substituents is 1. The van der Waals surface area contributed by atoms with Gasteiger partial charge in [-0.15, -0.1) is 0 Å². The topological polar surface area (TPSA) is 112 Å². The number of nitro benzene ring substituents is 1. The molecule has 142 valence electrons. The number of nitrogens with zero attached hydrogens (tertiary/aromatic N) is 4. The van der Waals surface area contributed by atoms with Crippen LogP contribution in [0.5, 0.6) is 0 Å². The number of fused-ring (bicyclic) bond motifs is 1. The predicted octanol–water partition coefficient (Wildman–Crippen LogP) is 3.55. The van der Waals surface area contributed by atoms with Crippen LogP contribution in [0.4, 0.5) is 17.2 Å². The molecule has 28 heavy (non-hydrogen) atoms. The molecule has 0 atom stereocenters. The van der Waals surface area contributed by atoms with E-state index in [1.807, 2.05) is 11.0 Å². The zero-order valence-electron chi connectivity index (χ0n) is 14.8. The molecule has 2 aromatic carbocycles. The molecule has 1 saturated heterocycles. The maximum atomic E-state index is 12.1. The normalized spacial score (nSPS) is 14.2. The molecule has 9 heteroatoms. The van der Waals surface area contributed by atoms with Gasteiger partial charge in [-0.05, 0) is 11.6 Å². The lowest BCUT2D eigenvalue weighted by Gasteiger charge is -2.28. The molecule has 0 spiro atoms. The summed E-state index contributed by atoms with van der Waals surface area (Å²) in [6, 6.07) is 13.1. The first kappa shape index (κ1) is 17.8. The van der Waals surface area contributed by atoms with Crippen LogP contribution in [0.2, 0.25) is 0 Å². The van der Waals surface area contributed by atoms with Crippen LogP contribution in [0.1, 0.15) is 0 Å². The van der Waals surface area contributed by atoms with Crippen LogP contribution in [0.3, 0.4) is 0 Å². The van der Waals surface area contributed by atoms with Crippen molar-refractivity contribution in [1.82, 2.24) is 4.98 Å². The Morgan fingerprint density at radius 2 is 1.68 bits per heavy atom. The van der Waals surface area contributed by atoms with Crippen LogP contribution in [0.15, 0.2) is 48.5 Å². The van der Waals surface area contributed by atoms with E-state index in [1.165, 1.54) is 18.2 Å². The lowest BCUT2D eigenvalue weighted by atomic mass is 9.98. The number of benzene rings is 2. The number of pyridine rings is 1. The quantitative estimate of drug-likeness (QED) is 0.502. The number of anilines is 1. The molecule has 1 aromatic heterocycles. The van der Waals surface area contributed by atoms with Crippen molar-refractivity contribution in [2.45, 2.75) is 0 Å². The Morgan fingerprint density at radius 3 is 2.32 bits per heavy atom. The number of morpholine rings is 1. The zero-order valence-corrected chi connectivity index (χ0v) is 14.8. The molecule has 0 saturated carbocycles. The van der Waals surface area contributed by atoms with Gasteiger partial charge >= 0.3 is 5.69 Å². The summed E-state index contributed by atoms with van der Waals surface area (Å²) >= 11 is 0. The van der Waals surface area contributed by atoms with Crippen molar-refractivity contribution in [2.24, 2.45) is 0 Å². The summed E-state index contributed by atoms with van der Waals surface area (Å²) in [6.45, 7) is 1.89. The van der Waals surface area contributed by atoms with Gasteiger partial charge in [0.25, 0.3) is 5.69 Å². The second kappa shape index (κ2) is 7.20. The average Bonchev–Trinajstić information content (AvgIpc) is 2.73. The molecule has 0 radical (unpaired) electrons. The van der Waals surface area contributed by atoms with Crippen LogP contribution >= 0.6 is 0 Å². The number of ether oxygens (including phenoxy) is 1. The van der Waals surface area contributed by atoms with E-state index in [0.717, 1.165) is 0 Å². The van der Waals surface area contributed by atoms with Crippen molar-refractivity contribution in [3.8, 4) is 11.1 Å². The summed E-state index contributed by atoms with van der Waals surface area (Å²) in [5.74, 6) is 0.258. The van der Waals surface area contributed by atoms with E-state index in [2.05, 4.69) is 4.98 Å². The Hall–Kier alpha value is -3.59. The van der Waals surface area contributed by atoms with Gasteiger partial charge < -0.3 is 9.64 Å². The fraction of sp³-hybridized carbons (Fsp3) is 0.211. The van der Waals surface area contributed by atoms with Crippen LogP contribution in [0.25, 0.3) is 22.0 Å². The van der Waals surface area contributed by atoms with E-state index >= 15 is 0 Å². The van der Waals surface area contributed by atoms with Crippen molar-refractivity contribution in [2.75, 3.05) is 31.2 Å². The molecule has 4 rings (SSSR count). The molecular formula is C19H16N4O5. The van der Waals surface area contributed by atoms with Crippen molar-refractivity contribution >= 4 is 28.1 Å². The molecule has 0 aliphatic carbocycles. The van der Waals surface area contributed by atoms with Gasteiger partial charge in [0.1, 0.15) is 0 Å². The van der Waals surface area contributed by atoms with E-state index in [0.29, 0.717) is 48.3 Å². The number of hydrogen-bond donors (Lipinski definition) is 0. The maximum absolute atomic E-state index is 12.1. The third-order valence-electron chi connectivity index (χ3n) is 4.69. The van der Waals surface area contributed by atoms with E-state index in [9.17, 15) is 20.2 Å². The summed E-state index contributed by atoms with van der Waals surface area (Å²) in [4.78, 5) is 28.7. The largest absolute Gasteiger partial charge is 0.378 e. The van der Waals surface area contributed by atoms with E-state index < -0.39 is 9.85 Å². The molecule has 2 heterocycles. The van der Waals surface area contributed by atoms with Gasteiger partial charge in [0.2, 0.25) is 5.82 Å². The van der Waals surface area contributed by atoms with Gasteiger partial charge in [0, 0.05) is 30.6 Å². The third kappa shape index (κ3) is 3.12. The fourth-order valence-corrected chi connectivity index (χ4v) is 3.41. The Labute approximate surface area is 159 Å². The van der Waals surface area contributed by atoms with Gasteiger partial charge in [-0.25, -0.2) is 4.98 Å². The summed E-state index contributed by atoms with van der Waals surface area (Å²) in [7, 11) is 0. The van der Waals surface area contributed by atoms with Gasteiger partial charge in [0.05, 0.1) is 34.1 Å². The lowest BCUT2D eigenvalue weighted by molar-refractivity contribution is -0.384. The minimum absolute atomic E-state index is 0.139. The van der Waals surface area contributed by atoms with Gasteiger partial charge in [-0.3, -0.25) is 20.2 Å². The average molecular weight is 380 g/mol. The minimum Gasteiger partial charge on any atom is -0.378 e. The zero-order chi connectivity index (χ0) is 19.7. The molecular weight excluding hydrogens is 364 g/mol. The number of aromatic nitrogens is 1. The van der Waals surface area contributed by atoms with Crippen LogP contribution < -0.4 is 4.90 Å². The van der Waals surface area contributed by atoms with Crippen LogP contribution in [0, 0.1) is 20.2 Å². The smallest absolute Gasteiger partial charge is 0.319 e. The summed E-state index contributed by atoms with van der Waals surface area (Å²) in [5, 5.41) is 23.7. The highest BCUT2D eigenvalue weighted by Crippen LogP contribution is 2.43. The third-order valence-corrected chi connectivity index (χ3v) is 4.69. The standard InChI is InChI=1S/C19H16N4O5/c24-22(25)14-6-7-16-15(12-14)17(13-4-2-1-3-5-13)18(23(26)27)19(20-16)21-8-10-28-11-9-21/h1-7,12H,8-11H2. The number of rotatable bonds is 4. The Kier molecular flexibility index (Phi) is 4.58. The Bertz CT molecular complexity index is 1060. The Morgan fingerprint density at radius 1 is 0.964 bits per heavy atom. The summed E-state index contributed by atoms with van der Waals surface area (Å²) in [5.41, 5.74) is 1.12. The summed E-state index contributed by atoms with van der Waals surface area (Å²) < 4.78 is 5.35. The van der Waals surface area contributed by atoms with E-state index in [1.54, 1.807) is 24.3 Å². The molecule has 1 aliphatic heterocycles. The molecule has 1 aliphatic rings. The van der Waals surface area contributed by atoms with Crippen molar-refractivity contribution in [1.29, 1.82) is 0 Å². The highest BCUT2D eigenvalue weighted by Gasteiger charge is 2.30. The molecule has 0 N–H and O–H groups in total. The first-order valence-corrected chi connectivity index (χ1v) is 8.71. The van der Waals surface area contributed by atoms with Crippen LogP contribution in [-0.2, 0) is 4.74 Å². The van der Waals surface area contributed by atoms with Crippen molar-refractivity contribution < 1.29 is 14.6 Å². The SMILES string of the molecule is O=[N+]([O-])c1ccc2nc(N3CCOCC3)c([N+](=O)[O-])c(-c3ccccc3)c2c1. The highest BCUT2D eigenvalue weighted by atomic mass is 16.6. The number of hydrogen-bond acceptors (Lipinski definition) is 7. The van der Waals surface area contributed by atoms with Gasteiger partial charge in [-0.2, -0.15) is 0 Å². The summed E-state index contributed by atoms with van der Waals surface area (Å²) in [6.07, 6.45) is 0. The van der Waals surface area contributed by atoms with Gasteiger partial charge in [0.15, 0.2) is 0 Å². The highest BCUT2D eigenvalue weighted by molar-refractivity contribution is 6.03. The first-order chi connectivity index (χ1) is 13.6. The molecule has 0 unspecified atom stereocenters. The molecule has 0 bridgehead atoms. The minimum atomic E-state index is -0.518. The molecule has 3 aromatic rings. The fourth-order valence-electron chi connectivity index (χ4n) is 3.41. The van der Waals surface area contributed by atoms with Crippen molar-refractivity contribution in [3.63, 3.8) is 0 Å². The predicted molar refractivity (Wildman–Crippen MR) is 104 cm³/mol. The molecule has 0 amide bonds. The maximum Gasteiger partial charge on any atom is 0.319 e. The molecule has 9 nitrogen and oxygen atoms in total. The van der Waals surface area contributed by atoms with Crippen LogP contribution in [-0.4, -0.2) is 41.1 Å². The molecule has 1 fully saturated rings. The van der Waals surface area contributed by atoms with E-state index in [-0.39, 0.29) is 17.2 Å². The second-order valence-corrected chi connectivity index (χ2v) is 6.34.